The second kappa shape index (κ2) is 6.17. The summed E-state index contributed by atoms with van der Waals surface area (Å²) in [6.07, 6.45) is 7.78. The van der Waals surface area contributed by atoms with E-state index in [1.807, 2.05) is 0 Å². The molecule has 3 heteroatoms. The van der Waals surface area contributed by atoms with E-state index in [0.717, 1.165) is 19.0 Å². The zero-order valence-electron chi connectivity index (χ0n) is 11.4. The molecular formula is C14H28N2O. The van der Waals surface area contributed by atoms with Gasteiger partial charge in [0.25, 0.3) is 0 Å². The molecule has 3 atom stereocenters. The molecule has 2 aliphatic rings. The van der Waals surface area contributed by atoms with Crippen LogP contribution in [0.1, 0.15) is 45.4 Å². The largest absolute Gasteiger partial charge is 0.390 e. The monoisotopic (exact) mass is 240 g/mol. The van der Waals surface area contributed by atoms with E-state index in [2.05, 4.69) is 24.2 Å². The van der Waals surface area contributed by atoms with Gasteiger partial charge in [-0.1, -0.05) is 19.8 Å². The number of nitrogens with one attached hydrogen (secondary N) is 1. The van der Waals surface area contributed by atoms with Crippen molar-refractivity contribution < 1.29 is 5.11 Å². The van der Waals surface area contributed by atoms with E-state index in [0.29, 0.717) is 12.1 Å². The van der Waals surface area contributed by atoms with Crippen molar-refractivity contribution >= 4 is 0 Å². The van der Waals surface area contributed by atoms with E-state index in [-0.39, 0.29) is 6.10 Å². The first-order valence-electron chi connectivity index (χ1n) is 7.28. The molecule has 17 heavy (non-hydrogen) atoms. The SMILES string of the molecule is CC1CCCCC1N(C)CC(O)CNC1CC1. The number of likely N-dealkylation sites (N-methyl/N-ethyl adjacent to an activating group) is 1. The molecule has 0 bridgehead atoms. The quantitative estimate of drug-likeness (QED) is 0.740. The van der Waals surface area contributed by atoms with Crippen LogP contribution in [0.3, 0.4) is 0 Å². The maximum atomic E-state index is 10.0. The summed E-state index contributed by atoms with van der Waals surface area (Å²) in [6.45, 7) is 3.93. The van der Waals surface area contributed by atoms with Gasteiger partial charge in [-0.05, 0) is 38.6 Å². The molecule has 2 rings (SSSR count). The molecule has 2 N–H and O–H groups in total. The zero-order valence-corrected chi connectivity index (χ0v) is 11.4. The molecule has 2 saturated carbocycles. The van der Waals surface area contributed by atoms with Gasteiger partial charge < -0.3 is 15.3 Å². The molecule has 3 nitrogen and oxygen atoms in total. The molecule has 0 aromatic heterocycles. The topological polar surface area (TPSA) is 35.5 Å². The molecule has 0 aromatic carbocycles. The summed E-state index contributed by atoms with van der Waals surface area (Å²) in [7, 11) is 2.17. The first-order valence-corrected chi connectivity index (χ1v) is 7.28. The zero-order chi connectivity index (χ0) is 12.3. The molecule has 0 aliphatic heterocycles. The fourth-order valence-electron chi connectivity index (χ4n) is 3.07. The van der Waals surface area contributed by atoms with E-state index < -0.39 is 0 Å². The normalized spacial score (nSPS) is 31.8. The Morgan fingerprint density at radius 3 is 2.59 bits per heavy atom. The van der Waals surface area contributed by atoms with Gasteiger partial charge in [0.15, 0.2) is 0 Å². The lowest BCUT2D eigenvalue weighted by Crippen LogP contribution is -2.45. The Morgan fingerprint density at radius 2 is 1.94 bits per heavy atom. The third kappa shape index (κ3) is 4.23. The van der Waals surface area contributed by atoms with Gasteiger partial charge in [0, 0.05) is 25.2 Å². The molecule has 2 aliphatic carbocycles. The lowest BCUT2D eigenvalue weighted by Gasteiger charge is -2.37. The van der Waals surface area contributed by atoms with Crippen LogP contribution in [0, 0.1) is 5.92 Å². The third-order valence-electron chi connectivity index (χ3n) is 4.35. The van der Waals surface area contributed by atoms with Crippen molar-refractivity contribution in [2.75, 3.05) is 20.1 Å². The van der Waals surface area contributed by atoms with Crippen LogP contribution in [0.4, 0.5) is 0 Å². The van der Waals surface area contributed by atoms with Crippen molar-refractivity contribution in [2.45, 2.75) is 63.6 Å². The molecule has 3 unspecified atom stereocenters. The summed E-state index contributed by atoms with van der Waals surface area (Å²) in [5.74, 6) is 0.789. The van der Waals surface area contributed by atoms with Crippen LogP contribution < -0.4 is 5.32 Å². The van der Waals surface area contributed by atoms with Gasteiger partial charge in [-0.25, -0.2) is 0 Å². The Kier molecular flexibility index (Phi) is 4.83. The number of nitrogens with zero attached hydrogens (tertiary/aromatic N) is 1. The highest BCUT2D eigenvalue weighted by atomic mass is 16.3. The smallest absolute Gasteiger partial charge is 0.0791 e. The predicted octanol–water partition coefficient (Wildman–Crippen LogP) is 1.61. The highest BCUT2D eigenvalue weighted by Crippen LogP contribution is 2.27. The average Bonchev–Trinajstić information content (AvgIpc) is 3.10. The molecule has 0 aromatic rings. The van der Waals surface area contributed by atoms with Crippen LogP contribution in [-0.4, -0.2) is 48.3 Å². The van der Waals surface area contributed by atoms with Crippen molar-refractivity contribution in [3.8, 4) is 0 Å². The molecule has 0 heterocycles. The van der Waals surface area contributed by atoms with E-state index in [4.69, 9.17) is 0 Å². The second-order valence-electron chi connectivity index (χ2n) is 6.11. The summed E-state index contributed by atoms with van der Waals surface area (Å²) in [4.78, 5) is 2.38. The van der Waals surface area contributed by atoms with Gasteiger partial charge in [-0.15, -0.1) is 0 Å². The summed E-state index contributed by atoms with van der Waals surface area (Å²) < 4.78 is 0. The highest BCUT2D eigenvalue weighted by Gasteiger charge is 2.26. The Bertz CT molecular complexity index is 230. The molecular weight excluding hydrogens is 212 g/mol. The van der Waals surface area contributed by atoms with Crippen molar-refractivity contribution in [3.05, 3.63) is 0 Å². The maximum Gasteiger partial charge on any atom is 0.0791 e. The van der Waals surface area contributed by atoms with Gasteiger partial charge in [0.05, 0.1) is 6.10 Å². The third-order valence-corrected chi connectivity index (χ3v) is 4.35. The Balaban J connectivity index is 1.68. The number of aliphatic hydroxyl groups is 1. The summed E-state index contributed by atoms with van der Waals surface area (Å²) in [5, 5.41) is 13.4. The molecule has 100 valence electrons. The van der Waals surface area contributed by atoms with Gasteiger partial charge in [-0.2, -0.15) is 0 Å². The summed E-state index contributed by atoms with van der Waals surface area (Å²) >= 11 is 0. The van der Waals surface area contributed by atoms with E-state index in [1.165, 1.54) is 38.5 Å². The first-order chi connectivity index (χ1) is 8.16. The first kappa shape index (κ1) is 13.3. The van der Waals surface area contributed by atoms with Crippen LogP contribution in [0.15, 0.2) is 0 Å². The predicted molar refractivity (Wildman–Crippen MR) is 71.1 cm³/mol. The van der Waals surface area contributed by atoms with Crippen LogP contribution in [0.2, 0.25) is 0 Å². The Morgan fingerprint density at radius 1 is 1.24 bits per heavy atom. The number of hydrogen-bond acceptors (Lipinski definition) is 3. The van der Waals surface area contributed by atoms with Crippen molar-refractivity contribution in [1.82, 2.24) is 10.2 Å². The molecule has 2 fully saturated rings. The maximum absolute atomic E-state index is 10.0. The van der Waals surface area contributed by atoms with Crippen molar-refractivity contribution in [1.29, 1.82) is 0 Å². The van der Waals surface area contributed by atoms with Crippen molar-refractivity contribution in [2.24, 2.45) is 5.92 Å². The fourth-order valence-corrected chi connectivity index (χ4v) is 3.07. The fraction of sp³-hybridized carbons (Fsp3) is 1.00. The molecule has 0 amide bonds. The minimum Gasteiger partial charge on any atom is -0.390 e. The van der Waals surface area contributed by atoms with Crippen LogP contribution in [-0.2, 0) is 0 Å². The van der Waals surface area contributed by atoms with Gasteiger partial charge in [0.1, 0.15) is 0 Å². The lowest BCUT2D eigenvalue weighted by molar-refractivity contribution is 0.0708. The molecule has 0 spiro atoms. The van der Waals surface area contributed by atoms with Crippen LogP contribution in [0.25, 0.3) is 0 Å². The lowest BCUT2D eigenvalue weighted by atomic mass is 9.85. The standard InChI is InChI=1S/C14H28N2O/c1-11-5-3-4-6-14(11)16(2)10-13(17)9-15-12-7-8-12/h11-15,17H,3-10H2,1-2H3. The van der Waals surface area contributed by atoms with Crippen LogP contribution >= 0.6 is 0 Å². The second-order valence-corrected chi connectivity index (χ2v) is 6.11. The van der Waals surface area contributed by atoms with E-state index in [9.17, 15) is 5.11 Å². The highest BCUT2D eigenvalue weighted by molar-refractivity contribution is 4.84. The Labute approximate surface area is 106 Å². The average molecular weight is 240 g/mol. The van der Waals surface area contributed by atoms with Gasteiger partial charge in [0.2, 0.25) is 0 Å². The minimum atomic E-state index is -0.213. The summed E-state index contributed by atoms with van der Waals surface area (Å²) in [6, 6.07) is 1.38. The van der Waals surface area contributed by atoms with Gasteiger partial charge in [-0.3, -0.25) is 0 Å². The van der Waals surface area contributed by atoms with Crippen LogP contribution in [0.5, 0.6) is 0 Å². The number of aliphatic hydroxyl groups excluding tert-OH is 1. The number of hydrogen-bond donors (Lipinski definition) is 2. The van der Waals surface area contributed by atoms with E-state index in [1.54, 1.807) is 0 Å². The summed E-state index contributed by atoms with van der Waals surface area (Å²) in [5.41, 5.74) is 0. The van der Waals surface area contributed by atoms with E-state index >= 15 is 0 Å². The van der Waals surface area contributed by atoms with Crippen molar-refractivity contribution in [3.63, 3.8) is 0 Å². The molecule has 0 radical (unpaired) electrons. The van der Waals surface area contributed by atoms with Gasteiger partial charge >= 0.3 is 0 Å². The Hall–Kier alpha value is -0.120. The molecule has 0 saturated heterocycles. The number of rotatable bonds is 6. The minimum absolute atomic E-state index is 0.213.